The number of phenols is 1. The van der Waals surface area contributed by atoms with Gasteiger partial charge in [0.05, 0.1) is 0 Å². The molecule has 12 heavy (non-hydrogen) atoms. The zero-order valence-electron chi connectivity index (χ0n) is 6.70. The molecular weight excluding hydrogens is 148 g/mol. The standard InChI is InChI=1S/C11H10O/c1-2-3-4-5-10-6-8-11(12)9-7-10/h2-3,5-9,12H,1H2. The first-order chi connectivity index (χ1) is 5.83. The molecule has 0 saturated heterocycles. The van der Waals surface area contributed by atoms with E-state index < -0.39 is 0 Å². The molecule has 0 aliphatic heterocycles. The monoisotopic (exact) mass is 158 g/mol. The van der Waals surface area contributed by atoms with Crippen LogP contribution >= 0.6 is 0 Å². The van der Waals surface area contributed by atoms with Crippen molar-refractivity contribution in [3.05, 3.63) is 54.3 Å². The predicted octanol–water partition coefficient (Wildman–Crippen LogP) is 2.75. The van der Waals surface area contributed by atoms with E-state index in [1.165, 1.54) is 0 Å². The van der Waals surface area contributed by atoms with Gasteiger partial charge in [0.15, 0.2) is 0 Å². The smallest absolute Gasteiger partial charge is 0.115 e. The Bertz CT molecular complexity index is 313. The summed E-state index contributed by atoms with van der Waals surface area (Å²) in [4.78, 5) is 0. The van der Waals surface area contributed by atoms with Gasteiger partial charge in [0.1, 0.15) is 5.75 Å². The van der Waals surface area contributed by atoms with Crippen LogP contribution in [-0.2, 0) is 0 Å². The second-order valence-corrected chi connectivity index (χ2v) is 2.30. The quantitative estimate of drug-likeness (QED) is 0.518. The summed E-state index contributed by atoms with van der Waals surface area (Å²) in [7, 11) is 0. The summed E-state index contributed by atoms with van der Waals surface area (Å²) in [6.07, 6.45) is 5.21. The minimum absolute atomic E-state index is 0.278. The fourth-order valence-electron chi connectivity index (χ4n) is 0.783. The first-order valence-electron chi connectivity index (χ1n) is 3.65. The van der Waals surface area contributed by atoms with E-state index in [0.717, 1.165) is 5.56 Å². The van der Waals surface area contributed by atoms with E-state index in [0.29, 0.717) is 0 Å². The van der Waals surface area contributed by atoms with Crippen molar-refractivity contribution in [3.63, 3.8) is 0 Å². The summed E-state index contributed by atoms with van der Waals surface area (Å²) in [6.45, 7) is 3.53. The Morgan fingerprint density at radius 3 is 2.50 bits per heavy atom. The number of phenolic OH excluding ortho intramolecular Hbond substituents is 1. The Morgan fingerprint density at radius 2 is 1.92 bits per heavy atom. The summed E-state index contributed by atoms with van der Waals surface area (Å²) in [5.74, 6) is 0.278. The molecule has 60 valence electrons. The molecule has 1 nitrogen and oxygen atoms in total. The number of hydrogen-bond donors (Lipinski definition) is 1. The van der Waals surface area contributed by atoms with Gasteiger partial charge in [0, 0.05) is 0 Å². The van der Waals surface area contributed by atoms with Gasteiger partial charge in [-0.05, 0) is 29.8 Å². The van der Waals surface area contributed by atoms with Crippen LogP contribution in [0.1, 0.15) is 5.56 Å². The topological polar surface area (TPSA) is 20.2 Å². The largest absolute Gasteiger partial charge is 0.508 e. The number of allylic oxidation sites excluding steroid dienone is 2. The SMILES string of the molecule is C=CC=C=Cc1ccc(O)cc1. The van der Waals surface area contributed by atoms with Crippen LogP contribution in [0.3, 0.4) is 0 Å². The van der Waals surface area contributed by atoms with E-state index in [4.69, 9.17) is 5.11 Å². The lowest BCUT2D eigenvalue weighted by atomic mass is 10.2. The van der Waals surface area contributed by atoms with Crippen LogP contribution in [0.25, 0.3) is 6.08 Å². The van der Waals surface area contributed by atoms with Gasteiger partial charge >= 0.3 is 0 Å². The lowest BCUT2D eigenvalue weighted by molar-refractivity contribution is 0.475. The molecule has 0 aromatic heterocycles. The molecule has 0 saturated carbocycles. The lowest BCUT2D eigenvalue weighted by Crippen LogP contribution is -1.67. The normalized spacial score (nSPS) is 8.33. The zero-order chi connectivity index (χ0) is 8.81. The Balaban J connectivity index is 2.84. The van der Waals surface area contributed by atoms with Crippen molar-refractivity contribution in [3.8, 4) is 5.75 Å². The van der Waals surface area contributed by atoms with Crippen molar-refractivity contribution in [2.24, 2.45) is 0 Å². The van der Waals surface area contributed by atoms with E-state index in [1.54, 1.807) is 24.3 Å². The Hall–Kier alpha value is -1.72. The van der Waals surface area contributed by atoms with Crippen molar-refractivity contribution in [2.45, 2.75) is 0 Å². The van der Waals surface area contributed by atoms with Gasteiger partial charge < -0.3 is 5.11 Å². The van der Waals surface area contributed by atoms with Crippen molar-refractivity contribution < 1.29 is 5.11 Å². The highest BCUT2D eigenvalue weighted by molar-refractivity contribution is 5.50. The van der Waals surface area contributed by atoms with E-state index in [-0.39, 0.29) is 5.75 Å². The number of benzene rings is 1. The van der Waals surface area contributed by atoms with Crippen LogP contribution in [0.15, 0.2) is 48.7 Å². The van der Waals surface area contributed by atoms with Crippen LogP contribution in [0.4, 0.5) is 0 Å². The molecule has 1 aromatic rings. The summed E-state index contributed by atoms with van der Waals surface area (Å²) in [5, 5.41) is 8.97. The van der Waals surface area contributed by atoms with Gasteiger partial charge in [-0.15, -0.1) is 5.73 Å². The third-order valence-corrected chi connectivity index (χ3v) is 1.36. The summed E-state index contributed by atoms with van der Waals surface area (Å²) in [5.41, 5.74) is 3.93. The third-order valence-electron chi connectivity index (χ3n) is 1.36. The van der Waals surface area contributed by atoms with Crippen molar-refractivity contribution in [2.75, 3.05) is 0 Å². The Morgan fingerprint density at radius 1 is 1.25 bits per heavy atom. The molecule has 0 spiro atoms. The minimum atomic E-state index is 0.278. The highest BCUT2D eigenvalue weighted by atomic mass is 16.3. The minimum Gasteiger partial charge on any atom is -0.508 e. The molecule has 0 fully saturated rings. The average Bonchev–Trinajstić information content (AvgIpc) is 2.09. The molecule has 0 amide bonds. The van der Waals surface area contributed by atoms with Crippen LogP contribution in [0, 0.1) is 0 Å². The second-order valence-electron chi connectivity index (χ2n) is 2.30. The van der Waals surface area contributed by atoms with Gasteiger partial charge in [0.25, 0.3) is 0 Å². The third kappa shape index (κ3) is 2.49. The summed E-state index contributed by atoms with van der Waals surface area (Å²) >= 11 is 0. The van der Waals surface area contributed by atoms with Gasteiger partial charge in [-0.3, -0.25) is 0 Å². The average molecular weight is 158 g/mol. The van der Waals surface area contributed by atoms with Gasteiger partial charge in [-0.25, -0.2) is 0 Å². The molecule has 1 rings (SSSR count). The van der Waals surface area contributed by atoms with Gasteiger partial charge in [0.2, 0.25) is 0 Å². The van der Waals surface area contributed by atoms with E-state index >= 15 is 0 Å². The molecule has 0 unspecified atom stereocenters. The van der Waals surface area contributed by atoms with Crippen LogP contribution in [0.5, 0.6) is 5.75 Å². The molecule has 1 N–H and O–H groups in total. The van der Waals surface area contributed by atoms with Crippen LogP contribution in [0.2, 0.25) is 0 Å². The first-order valence-corrected chi connectivity index (χ1v) is 3.65. The molecule has 0 heterocycles. The zero-order valence-corrected chi connectivity index (χ0v) is 6.70. The number of aromatic hydroxyl groups is 1. The van der Waals surface area contributed by atoms with Crippen molar-refractivity contribution in [1.29, 1.82) is 0 Å². The maximum Gasteiger partial charge on any atom is 0.115 e. The van der Waals surface area contributed by atoms with Crippen molar-refractivity contribution in [1.82, 2.24) is 0 Å². The molecule has 0 radical (unpaired) electrons. The van der Waals surface area contributed by atoms with E-state index in [2.05, 4.69) is 12.3 Å². The second kappa shape index (κ2) is 4.22. The first kappa shape index (κ1) is 8.38. The predicted molar refractivity (Wildman–Crippen MR) is 50.9 cm³/mol. The maximum atomic E-state index is 8.97. The highest BCUT2D eigenvalue weighted by Crippen LogP contribution is 2.09. The molecular formula is C11H10O. The summed E-state index contributed by atoms with van der Waals surface area (Å²) < 4.78 is 0. The Labute approximate surface area is 72.0 Å². The molecule has 1 aromatic carbocycles. The van der Waals surface area contributed by atoms with Crippen LogP contribution in [-0.4, -0.2) is 5.11 Å². The van der Waals surface area contributed by atoms with E-state index in [9.17, 15) is 0 Å². The summed E-state index contributed by atoms with van der Waals surface area (Å²) in [6, 6.07) is 6.92. The van der Waals surface area contributed by atoms with Crippen LogP contribution < -0.4 is 0 Å². The maximum absolute atomic E-state index is 8.97. The fraction of sp³-hybridized carbons (Fsp3) is 0. The molecule has 0 atom stereocenters. The van der Waals surface area contributed by atoms with Gasteiger partial charge in [-0.1, -0.05) is 24.8 Å². The highest BCUT2D eigenvalue weighted by Gasteiger charge is 1.85. The fourth-order valence-corrected chi connectivity index (χ4v) is 0.783. The Kier molecular flexibility index (Phi) is 2.95. The van der Waals surface area contributed by atoms with E-state index in [1.807, 2.05) is 18.2 Å². The van der Waals surface area contributed by atoms with Crippen molar-refractivity contribution >= 4 is 6.08 Å². The number of rotatable bonds is 2. The lowest BCUT2D eigenvalue weighted by Gasteiger charge is -1.90. The molecule has 0 bridgehead atoms. The van der Waals surface area contributed by atoms with Gasteiger partial charge in [-0.2, -0.15) is 0 Å². The molecule has 0 aliphatic carbocycles. The molecule has 0 aliphatic rings. The number of hydrogen-bond acceptors (Lipinski definition) is 1. The molecule has 1 heteroatoms.